The van der Waals surface area contributed by atoms with Crippen LogP contribution in [0, 0.1) is 5.41 Å². The smallest absolute Gasteiger partial charge is 0.191 e. The number of aliphatic imine (C=N–C) groups is 1. The van der Waals surface area contributed by atoms with Crippen molar-refractivity contribution in [2.45, 2.75) is 82.9 Å². The van der Waals surface area contributed by atoms with Crippen LogP contribution in [0.25, 0.3) is 0 Å². The number of nitrogens with zero attached hydrogens (tertiary/aromatic N) is 1. The molecule has 2 N–H and O–H groups in total. The summed E-state index contributed by atoms with van der Waals surface area (Å²) in [6, 6.07) is 0.389. The maximum atomic E-state index is 12.2. The van der Waals surface area contributed by atoms with Gasteiger partial charge in [-0.05, 0) is 50.9 Å². The molecule has 160 valence electrons. The second-order valence-corrected chi connectivity index (χ2v) is 9.95. The van der Waals surface area contributed by atoms with Crippen LogP contribution in [0.2, 0.25) is 0 Å². The fourth-order valence-corrected chi connectivity index (χ4v) is 5.79. The quantitative estimate of drug-likeness (QED) is 0.280. The van der Waals surface area contributed by atoms with Crippen LogP contribution >= 0.6 is 24.0 Å². The second kappa shape index (κ2) is 13.4. The Morgan fingerprint density at radius 2 is 1.96 bits per heavy atom. The molecule has 3 unspecified atom stereocenters. The van der Waals surface area contributed by atoms with Crippen LogP contribution < -0.4 is 10.6 Å². The summed E-state index contributed by atoms with van der Waals surface area (Å²) in [6.45, 7) is 6.71. The molecule has 2 aliphatic rings. The summed E-state index contributed by atoms with van der Waals surface area (Å²) in [5.74, 6) is 1.71. The molecule has 0 amide bonds. The number of rotatable bonds is 9. The Bertz CT molecular complexity index is 470. The summed E-state index contributed by atoms with van der Waals surface area (Å²) in [4.78, 5) is 4.97. The lowest BCUT2D eigenvalue weighted by molar-refractivity contribution is 0.141. The van der Waals surface area contributed by atoms with Gasteiger partial charge in [0.25, 0.3) is 0 Å². The van der Waals surface area contributed by atoms with E-state index in [1.807, 2.05) is 6.92 Å². The van der Waals surface area contributed by atoms with Crippen molar-refractivity contribution in [1.29, 1.82) is 0 Å². The third kappa shape index (κ3) is 8.17. The van der Waals surface area contributed by atoms with Gasteiger partial charge in [-0.2, -0.15) is 0 Å². The molecule has 0 aromatic rings. The molecule has 0 heterocycles. The van der Waals surface area contributed by atoms with Gasteiger partial charge in [0.05, 0.1) is 0 Å². The molecular formula is C20H40IN3O2S. The van der Waals surface area contributed by atoms with E-state index in [1.165, 1.54) is 25.7 Å². The Labute approximate surface area is 185 Å². The summed E-state index contributed by atoms with van der Waals surface area (Å²) in [5.41, 5.74) is 0.317. The molecule has 0 saturated heterocycles. The van der Waals surface area contributed by atoms with E-state index in [0.717, 1.165) is 63.5 Å². The molecule has 0 aromatic heterocycles. The lowest BCUT2D eigenvalue weighted by Gasteiger charge is -2.31. The topological polar surface area (TPSA) is 62.7 Å². The summed E-state index contributed by atoms with van der Waals surface area (Å²) in [6.07, 6.45) is 10.7. The predicted molar refractivity (Wildman–Crippen MR) is 127 cm³/mol. The normalized spacial score (nSPS) is 26.3. The SMILES string of the molecule is CCNC(=NCC1(CCOC)CCCC1)NC1CCCC(S(=O)CC)C1.I. The van der Waals surface area contributed by atoms with Crippen molar-refractivity contribution in [3.05, 3.63) is 0 Å². The van der Waals surface area contributed by atoms with Gasteiger partial charge in [-0.1, -0.05) is 26.2 Å². The molecule has 0 aliphatic heterocycles. The number of guanidine groups is 1. The van der Waals surface area contributed by atoms with E-state index in [0.29, 0.717) is 16.7 Å². The van der Waals surface area contributed by atoms with Crippen molar-refractivity contribution in [2.75, 3.05) is 32.6 Å². The summed E-state index contributed by atoms with van der Waals surface area (Å²) < 4.78 is 17.5. The average Bonchev–Trinajstić information content (AvgIpc) is 3.13. The van der Waals surface area contributed by atoms with Gasteiger partial charge in [0, 0.05) is 54.7 Å². The molecular weight excluding hydrogens is 473 g/mol. The van der Waals surface area contributed by atoms with Gasteiger partial charge in [-0.25, -0.2) is 0 Å². The van der Waals surface area contributed by atoms with Crippen molar-refractivity contribution in [1.82, 2.24) is 10.6 Å². The minimum absolute atomic E-state index is 0. The maximum absolute atomic E-state index is 12.2. The first-order valence-electron chi connectivity index (χ1n) is 10.5. The lowest BCUT2D eigenvalue weighted by atomic mass is 9.83. The number of hydrogen-bond acceptors (Lipinski definition) is 3. The molecule has 7 heteroatoms. The first-order chi connectivity index (χ1) is 12.6. The van der Waals surface area contributed by atoms with Gasteiger partial charge in [0.15, 0.2) is 5.96 Å². The van der Waals surface area contributed by atoms with Gasteiger partial charge >= 0.3 is 0 Å². The van der Waals surface area contributed by atoms with Gasteiger partial charge in [0.1, 0.15) is 0 Å². The Hall–Kier alpha value is 0.110. The molecule has 3 atom stereocenters. The largest absolute Gasteiger partial charge is 0.385 e. The molecule has 2 fully saturated rings. The highest BCUT2D eigenvalue weighted by Crippen LogP contribution is 2.41. The molecule has 2 aliphatic carbocycles. The molecule has 0 bridgehead atoms. The first-order valence-corrected chi connectivity index (χ1v) is 11.9. The van der Waals surface area contributed by atoms with Gasteiger partial charge in [-0.15, -0.1) is 24.0 Å². The molecule has 5 nitrogen and oxygen atoms in total. The van der Waals surface area contributed by atoms with E-state index in [4.69, 9.17) is 9.73 Å². The third-order valence-electron chi connectivity index (χ3n) is 6.04. The van der Waals surface area contributed by atoms with Crippen LogP contribution in [-0.4, -0.2) is 54.0 Å². The van der Waals surface area contributed by atoms with Crippen LogP contribution in [0.5, 0.6) is 0 Å². The zero-order chi connectivity index (χ0) is 18.8. The summed E-state index contributed by atoms with van der Waals surface area (Å²) in [5, 5.41) is 7.40. The summed E-state index contributed by atoms with van der Waals surface area (Å²) in [7, 11) is 1.11. The number of hydrogen-bond donors (Lipinski definition) is 2. The summed E-state index contributed by atoms with van der Waals surface area (Å²) >= 11 is 0. The molecule has 27 heavy (non-hydrogen) atoms. The Kier molecular flexibility index (Phi) is 12.4. The van der Waals surface area contributed by atoms with Crippen LogP contribution in [0.3, 0.4) is 0 Å². The number of halogens is 1. The molecule has 0 spiro atoms. The zero-order valence-corrected chi connectivity index (χ0v) is 20.6. The Balaban J connectivity index is 0.00000364. The monoisotopic (exact) mass is 513 g/mol. The third-order valence-corrected chi connectivity index (χ3v) is 7.78. The van der Waals surface area contributed by atoms with E-state index in [1.54, 1.807) is 7.11 Å². The highest BCUT2D eigenvalue weighted by molar-refractivity contribution is 14.0. The van der Waals surface area contributed by atoms with E-state index < -0.39 is 10.8 Å². The maximum Gasteiger partial charge on any atom is 0.191 e. The Morgan fingerprint density at radius 3 is 2.59 bits per heavy atom. The highest BCUT2D eigenvalue weighted by Gasteiger charge is 2.33. The van der Waals surface area contributed by atoms with Crippen molar-refractivity contribution < 1.29 is 8.95 Å². The van der Waals surface area contributed by atoms with Gasteiger partial charge in [-0.3, -0.25) is 9.20 Å². The van der Waals surface area contributed by atoms with E-state index in [2.05, 4.69) is 17.6 Å². The Morgan fingerprint density at radius 1 is 1.22 bits per heavy atom. The predicted octanol–water partition coefficient (Wildman–Crippen LogP) is 3.84. The zero-order valence-electron chi connectivity index (χ0n) is 17.4. The molecule has 0 radical (unpaired) electrons. The van der Waals surface area contributed by atoms with E-state index in [9.17, 15) is 4.21 Å². The van der Waals surface area contributed by atoms with Crippen LogP contribution in [0.1, 0.15) is 71.6 Å². The molecule has 2 rings (SSSR count). The van der Waals surface area contributed by atoms with Crippen LogP contribution in [0.4, 0.5) is 0 Å². The van der Waals surface area contributed by atoms with Crippen LogP contribution in [0.15, 0.2) is 4.99 Å². The van der Waals surface area contributed by atoms with Crippen molar-refractivity contribution in [3.8, 4) is 0 Å². The van der Waals surface area contributed by atoms with Crippen molar-refractivity contribution in [2.24, 2.45) is 10.4 Å². The van der Waals surface area contributed by atoms with Gasteiger partial charge in [0.2, 0.25) is 0 Å². The molecule has 2 saturated carbocycles. The fourth-order valence-electron chi connectivity index (χ4n) is 4.44. The van der Waals surface area contributed by atoms with E-state index >= 15 is 0 Å². The lowest BCUT2D eigenvalue weighted by Crippen LogP contribution is -2.47. The van der Waals surface area contributed by atoms with E-state index in [-0.39, 0.29) is 24.0 Å². The minimum atomic E-state index is -0.683. The van der Waals surface area contributed by atoms with Crippen LogP contribution in [-0.2, 0) is 15.5 Å². The van der Waals surface area contributed by atoms with Gasteiger partial charge < -0.3 is 15.4 Å². The van der Waals surface area contributed by atoms with Crippen molar-refractivity contribution >= 4 is 40.7 Å². The fraction of sp³-hybridized carbons (Fsp3) is 0.950. The average molecular weight is 514 g/mol. The number of nitrogens with one attached hydrogen (secondary N) is 2. The first kappa shape index (κ1) is 25.1. The molecule has 0 aromatic carbocycles. The second-order valence-electron chi connectivity index (χ2n) is 7.94. The number of methoxy groups -OCH3 is 1. The number of ether oxygens (including phenoxy) is 1. The van der Waals surface area contributed by atoms with Crippen molar-refractivity contribution in [3.63, 3.8) is 0 Å². The highest BCUT2D eigenvalue weighted by atomic mass is 127. The standard InChI is InChI=1S/C20H39N3O2S.HI/c1-4-21-19(22-16-20(13-14-25-3)11-6-7-12-20)23-17-9-8-10-18(15-17)26(24)5-2;/h17-18H,4-16H2,1-3H3,(H2,21,22,23);1H. The minimum Gasteiger partial charge on any atom is -0.385 e.